The summed E-state index contributed by atoms with van der Waals surface area (Å²) in [4.78, 5) is 12.4. The molecule has 0 amide bonds. The van der Waals surface area contributed by atoms with Crippen molar-refractivity contribution in [1.29, 1.82) is 0 Å². The molecule has 1 aromatic rings. The highest BCUT2D eigenvalue weighted by Crippen LogP contribution is 2.34. The van der Waals surface area contributed by atoms with Crippen LogP contribution in [0.1, 0.15) is 18.9 Å². The van der Waals surface area contributed by atoms with Gasteiger partial charge in [0.2, 0.25) is 0 Å². The fraction of sp³-hybridized carbons (Fsp3) is 0.500. The summed E-state index contributed by atoms with van der Waals surface area (Å²) < 4.78 is 13.2. The number of carbonyl (C=O) groups excluding carboxylic acids is 1. The van der Waals surface area contributed by atoms with Gasteiger partial charge in [-0.05, 0) is 30.2 Å². The van der Waals surface area contributed by atoms with Crippen molar-refractivity contribution >= 4 is 40.9 Å². The summed E-state index contributed by atoms with van der Waals surface area (Å²) in [6.45, 7) is 2.11. The second-order valence-electron chi connectivity index (χ2n) is 4.49. The van der Waals surface area contributed by atoms with Gasteiger partial charge in [0.05, 0.1) is 5.25 Å². The van der Waals surface area contributed by atoms with Crippen LogP contribution in [0.2, 0.25) is 5.02 Å². The van der Waals surface area contributed by atoms with Gasteiger partial charge in [-0.3, -0.25) is 4.79 Å². The third kappa shape index (κ3) is 3.89. The first-order valence-electron chi connectivity index (χ1n) is 6.31. The molecule has 0 aromatic heterocycles. The topological polar surface area (TPSA) is 17.1 Å². The number of carbonyl (C=O) groups is 1. The predicted molar refractivity (Wildman–Crippen MR) is 82.9 cm³/mol. The van der Waals surface area contributed by atoms with Crippen LogP contribution in [-0.2, 0) is 11.2 Å². The highest BCUT2D eigenvalue weighted by Gasteiger charge is 2.30. The molecule has 0 N–H and O–H groups in total. The average Bonchev–Trinajstić information content (AvgIpc) is 2.42. The van der Waals surface area contributed by atoms with E-state index in [-0.39, 0.29) is 23.3 Å². The lowest BCUT2D eigenvalue weighted by Crippen LogP contribution is -2.33. The molecule has 1 fully saturated rings. The van der Waals surface area contributed by atoms with Crippen molar-refractivity contribution in [2.75, 3.05) is 11.5 Å². The maximum Gasteiger partial charge on any atom is 0.151 e. The van der Waals surface area contributed by atoms with Crippen molar-refractivity contribution in [3.63, 3.8) is 0 Å². The van der Waals surface area contributed by atoms with Crippen LogP contribution in [0.3, 0.4) is 0 Å². The Bertz CT molecular complexity index is 467. The maximum absolute atomic E-state index is 13.2. The monoisotopic (exact) mass is 318 g/mol. The standard InChI is InChI=1S/C14H16ClFOS2/c1-2-13-14(19-6-5-18-13)12(17)8-9-7-10(16)3-4-11(9)15/h3-4,7,13-14H,2,5-6,8H2,1H3. The second kappa shape index (κ2) is 7.00. The van der Waals surface area contributed by atoms with E-state index in [1.165, 1.54) is 18.2 Å². The fourth-order valence-electron chi connectivity index (χ4n) is 2.17. The summed E-state index contributed by atoms with van der Waals surface area (Å²) in [5.74, 6) is 1.93. The first-order chi connectivity index (χ1) is 9.11. The van der Waals surface area contributed by atoms with Crippen molar-refractivity contribution in [2.45, 2.75) is 30.3 Å². The largest absolute Gasteiger partial charge is 0.298 e. The Morgan fingerprint density at radius 1 is 1.42 bits per heavy atom. The quantitative estimate of drug-likeness (QED) is 0.827. The average molecular weight is 319 g/mol. The minimum absolute atomic E-state index is 0.0167. The first kappa shape index (κ1) is 15.2. The van der Waals surface area contributed by atoms with Gasteiger partial charge in [-0.15, -0.1) is 11.8 Å². The molecule has 1 nitrogen and oxygen atoms in total. The van der Waals surface area contributed by atoms with Gasteiger partial charge in [0.1, 0.15) is 5.82 Å². The van der Waals surface area contributed by atoms with Gasteiger partial charge in [0, 0.05) is 28.2 Å². The summed E-state index contributed by atoms with van der Waals surface area (Å²) in [7, 11) is 0. The molecular formula is C14H16ClFOS2. The molecule has 1 saturated heterocycles. The lowest BCUT2D eigenvalue weighted by atomic mass is 10.0. The first-order valence-corrected chi connectivity index (χ1v) is 8.79. The Hall–Kier alpha value is -0.190. The Balaban J connectivity index is 2.09. The molecule has 0 spiro atoms. The molecule has 1 heterocycles. The van der Waals surface area contributed by atoms with Crippen molar-refractivity contribution in [2.24, 2.45) is 0 Å². The number of halogens is 2. The molecule has 0 radical (unpaired) electrons. The van der Waals surface area contributed by atoms with Crippen molar-refractivity contribution in [1.82, 2.24) is 0 Å². The molecule has 1 aliphatic rings. The minimum Gasteiger partial charge on any atom is -0.298 e. The summed E-state index contributed by atoms with van der Waals surface area (Å²) in [5, 5.41) is 0.859. The lowest BCUT2D eigenvalue weighted by Gasteiger charge is -2.28. The molecule has 2 unspecified atom stereocenters. The molecule has 2 rings (SSSR count). The zero-order valence-corrected chi connectivity index (χ0v) is 13.1. The number of hydrogen-bond acceptors (Lipinski definition) is 3. The molecule has 2 atom stereocenters. The van der Waals surface area contributed by atoms with Crippen LogP contribution >= 0.6 is 35.1 Å². The summed E-state index contributed by atoms with van der Waals surface area (Å²) >= 11 is 9.61. The normalized spacial score (nSPS) is 23.3. The van der Waals surface area contributed by atoms with E-state index in [2.05, 4.69) is 6.92 Å². The van der Waals surface area contributed by atoms with Gasteiger partial charge in [0.25, 0.3) is 0 Å². The molecule has 0 aliphatic carbocycles. The molecule has 1 aliphatic heterocycles. The third-order valence-corrected chi connectivity index (χ3v) is 6.81. The van der Waals surface area contributed by atoms with Crippen molar-refractivity contribution in [3.05, 3.63) is 34.6 Å². The van der Waals surface area contributed by atoms with Crippen LogP contribution in [0.25, 0.3) is 0 Å². The second-order valence-corrected chi connectivity index (χ2v) is 7.49. The van der Waals surface area contributed by atoms with Crippen LogP contribution in [0.5, 0.6) is 0 Å². The number of hydrogen-bond donors (Lipinski definition) is 0. The molecular weight excluding hydrogens is 303 g/mol. The zero-order chi connectivity index (χ0) is 13.8. The van der Waals surface area contributed by atoms with Crippen LogP contribution in [0.15, 0.2) is 18.2 Å². The molecule has 104 valence electrons. The Morgan fingerprint density at radius 2 is 2.16 bits per heavy atom. The Kier molecular flexibility index (Phi) is 5.60. The van der Waals surface area contributed by atoms with E-state index in [1.807, 2.05) is 11.8 Å². The van der Waals surface area contributed by atoms with Crippen molar-refractivity contribution < 1.29 is 9.18 Å². The van der Waals surface area contributed by atoms with E-state index in [4.69, 9.17) is 11.6 Å². The van der Waals surface area contributed by atoms with E-state index >= 15 is 0 Å². The highest BCUT2D eigenvalue weighted by molar-refractivity contribution is 8.07. The van der Waals surface area contributed by atoms with E-state index in [1.54, 1.807) is 11.8 Å². The van der Waals surface area contributed by atoms with Gasteiger partial charge in [0.15, 0.2) is 5.78 Å². The van der Waals surface area contributed by atoms with E-state index in [0.717, 1.165) is 17.9 Å². The number of benzene rings is 1. The van der Waals surface area contributed by atoms with Gasteiger partial charge < -0.3 is 0 Å². The van der Waals surface area contributed by atoms with E-state index < -0.39 is 0 Å². The van der Waals surface area contributed by atoms with Gasteiger partial charge in [-0.1, -0.05) is 18.5 Å². The number of ketones is 1. The van der Waals surface area contributed by atoms with Gasteiger partial charge in [-0.2, -0.15) is 11.8 Å². The highest BCUT2D eigenvalue weighted by atomic mass is 35.5. The van der Waals surface area contributed by atoms with Gasteiger partial charge in [-0.25, -0.2) is 4.39 Å². The van der Waals surface area contributed by atoms with Crippen LogP contribution < -0.4 is 0 Å². The maximum atomic E-state index is 13.2. The molecule has 5 heteroatoms. The zero-order valence-electron chi connectivity index (χ0n) is 10.7. The summed E-state index contributed by atoms with van der Waals surface area (Å²) in [6.07, 6.45) is 1.22. The molecule has 0 bridgehead atoms. The Morgan fingerprint density at radius 3 is 2.89 bits per heavy atom. The van der Waals surface area contributed by atoms with Crippen LogP contribution in [0.4, 0.5) is 4.39 Å². The summed E-state index contributed by atoms with van der Waals surface area (Å²) in [5.41, 5.74) is 0.595. The summed E-state index contributed by atoms with van der Waals surface area (Å²) in [6, 6.07) is 4.19. The van der Waals surface area contributed by atoms with E-state index in [9.17, 15) is 9.18 Å². The molecule has 1 aromatic carbocycles. The minimum atomic E-state index is -0.343. The number of thioether (sulfide) groups is 2. The van der Waals surface area contributed by atoms with Gasteiger partial charge >= 0.3 is 0 Å². The van der Waals surface area contributed by atoms with Crippen LogP contribution in [0, 0.1) is 5.82 Å². The third-order valence-electron chi connectivity index (χ3n) is 3.14. The van der Waals surface area contributed by atoms with Crippen LogP contribution in [-0.4, -0.2) is 27.8 Å². The van der Waals surface area contributed by atoms with E-state index in [0.29, 0.717) is 15.8 Å². The predicted octanol–water partition coefficient (Wildman–Crippen LogP) is 4.22. The SMILES string of the molecule is CCC1SCCSC1C(=O)Cc1cc(F)ccc1Cl. The smallest absolute Gasteiger partial charge is 0.151 e. The number of rotatable bonds is 4. The molecule has 19 heavy (non-hydrogen) atoms. The fourth-order valence-corrected chi connectivity index (χ4v) is 5.39. The Labute approximate surface area is 126 Å². The lowest BCUT2D eigenvalue weighted by molar-refractivity contribution is -0.117. The number of Topliss-reactive ketones (excluding diaryl/α,β-unsaturated/α-hetero) is 1. The van der Waals surface area contributed by atoms with Crippen molar-refractivity contribution in [3.8, 4) is 0 Å². The molecule has 0 saturated carbocycles.